The number of aliphatic imine (C=N–C) groups is 1. The Labute approximate surface area is 88.2 Å². The lowest BCUT2D eigenvalue weighted by Crippen LogP contribution is -2.24. The third kappa shape index (κ3) is 2.82. The zero-order chi connectivity index (χ0) is 10.6. The molecule has 5 heteroatoms. The van der Waals surface area contributed by atoms with Crippen LogP contribution in [0.1, 0.15) is 13.3 Å². The summed E-state index contributed by atoms with van der Waals surface area (Å²) >= 11 is 5.94. The van der Waals surface area contributed by atoms with Crippen molar-refractivity contribution in [3.8, 4) is 0 Å². The van der Waals surface area contributed by atoms with Gasteiger partial charge in [-0.15, -0.1) is 0 Å². The molecule has 0 saturated carbocycles. The van der Waals surface area contributed by atoms with Crippen molar-refractivity contribution in [2.24, 2.45) is 10.7 Å². The van der Waals surface area contributed by atoms with E-state index in [2.05, 4.69) is 10.3 Å². The van der Waals surface area contributed by atoms with E-state index < -0.39 is 0 Å². The molecule has 1 rings (SSSR count). The molecule has 0 aliphatic carbocycles. The summed E-state index contributed by atoms with van der Waals surface area (Å²) in [4.78, 5) is 15.2. The van der Waals surface area contributed by atoms with E-state index >= 15 is 0 Å². The summed E-state index contributed by atoms with van der Waals surface area (Å²) < 4.78 is 0. The summed E-state index contributed by atoms with van der Waals surface area (Å²) in [6.45, 7) is 3.61. The van der Waals surface area contributed by atoms with Crippen molar-refractivity contribution >= 4 is 23.1 Å². The molecule has 0 aromatic rings. The third-order valence-corrected chi connectivity index (χ3v) is 2.40. The Kier molecular flexibility index (Phi) is 4.10. The molecule has 1 heterocycles. The van der Waals surface area contributed by atoms with Gasteiger partial charge in [-0.1, -0.05) is 11.6 Å². The Balaban J connectivity index is 2.86. The number of nitrogens with zero attached hydrogens (tertiary/aromatic N) is 1. The molecule has 0 atom stereocenters. The number of halogens is 1. The van der Waals surface area contributed by atoms with Crippen LogP contribution in [0.15, 0.2) is 15.7 Å². The lowest BCUT2D eigenvalue weighted by Gasteiger charge is -2.05. The van der Waals surface area contributed by atoms with Gasteiger partial charge in [0.1, 0.15) is 0 Å². The van der Waals surface area contributed by atoms with Crippen LogP contribution in [0.3, 0.4) is 0 Å². The SMILES string of the molecule is CC(=O)/C(N)=C(\Cl)C1=NCCCNC1. The van der Waals surface area contributed by atoms with Crippen molar-refractivity contribution in [1.82, 2.24) is 5.32 Å². The van der Waals surface area contributed by atoms with Crippen LogP contribution < -0.4 is 11.1 Å². The van der Waals surface area contributed by atoms with E-state index in [0.29, 0.717) is 12.3 Å². The number of nitrogens with two attached hydrogens (primary N) is 1. The highest BCUT2D eigenvalue weighted by atomic mass is 35.5. The average molecular weight is 216 g/mol. The number of hydrogen-bond acceptors (Lipinski definition) is 4. The molecular formula is C9H14ClN3O. The van der Waals surface area contributed by atoms with Gasteiger partial charge >= 0.3 is 0 Å². The summed E-state index contributed by atoms with van der Waals surface area (Å²) in [5.41, 5.74) is 6.30. The first-order valence-corrected chi connectivity index (χ1v) is 4.91. The fourth-order valence-electron chi connectivity index (χ4n) is 1.14. The first-order valence-electron chi connectivity index (χ1n) is 4.53. The van der Waals surface area contributed by atoms with Crippen molar-refractivity contribution in [3.05, 3.63) is 10.7 Å². The predicted molar refractivity (Wildman–Crippen MR) is 57.5 cm³/mol. The molecule has 0 aromatic carbocycles. The minimum absolute atomic E-state index is 0.0918. The second-order valence-electron chi connectivity index (χ2n) is 3.14. The summed E-state index contributed by atoms with van der Waals surface area (Å²) in [5, 5.41) is 3.44. The smallest absolute Gasteiger partial charge is 0.176 e. The van der Waals surface area contributed by atoms with Crippen molar-refractivity contribution in [3.63, 3.8) is 0 Å². The van der Waals surface area contributed by atoms with Crippen LogP contribution in [0, 0.1) is 0 Å². The van der Waals surface area contributed by atoms with Crippen LogP contribution in [-0.2, 0) is 4.79 Å². The average Bonchev–Trinajstić information content (AvgIpc) is 2.43. The number of carbonyl (C=O) groups is 1. The van der Waals surface area contributed by atoms with Crippen molar-refractivity contribution in [2.75, 3.05) is 19.6 Å². The van der Waals surface area contributed by atoms with Crippen molar-refractivity contribution in [1.29, 1.82) is 0 Å². The third-order valence-electron chi connectivity index (χ3n) is 1.98. The monoisotopic (exact) mass is 215 g/mol. The minimum atomic E-state index is -0.220. The maximum absolute atomic E-state index is 11.0. The lowest BCUT2D eigenvalue weighted by atomic mass is 10.2. The van der Waals surface area contributed by atoms with E-state index in [-0.39, 0.29) is 16.5 Å². The first-order chi connectivity index (χ1) is 6.63. The van der Waals surface area contributed by atoms with Gasteiger partial charge < -0.3 is 11.1 Å². The largest absolute Gasteiger partial charge is 0.395 e. The predicted octanol–water partition coefficient (Wildman–Crippen LogP) is 0.419. The maximum Gasteiger partial charge on any atom is 0.176 e. The molecule has 0 amide bonds. The molecule has 0 bridgehead atoms. The lowest BCUT2D eigenvalue weighted by molar-refractivity contribution is -0.113. The zero-order valence-corrected chi connectivity index (χ0v) is 8.90. The first kappa shape index (κ1) is 11.2. The summed E-state index contributed by atoms with van der Waals surface area (Å²) in [5.74, 6) is -0.220. The van der Waals surface area contributed by atoms with Crippen molar-refractivity contribution < 1.29 is 4.79 Å². The number of allylic oxidation sites excluding steroid dienone is 1. The van der Waals surface area contributed by atoms with Crippen LogP contribution >= 0.6 is 11.6 Å². The van der Waals surface area contributed by atoms with E-state index in [4.69, 9.17) is 17.3 Å². The number of rotatable bonds is 2. The Morgan fingerprint density at radius 1 is 1.64 bits per heavy atom. The van der Waals surface area contributed by atoms with Crippen LogP contribution in [0.5, 0.6) is 0 Å². The van der Waals surface area contributed by atoms with Crippen LogP contribution in [0.2, 0.25) is 0 Å². The fraction of sp³-hybridized carbons (Fsp3) is 0.556. The number of nitrogens with one attached hydrogen (secondary N) is 1. The van der Waals surface area contributed by atoms with Crippen molar-refractivity contribution in [2.45, 2.75) is 13.3 Å². The van der Waals surface area contributed by atoms with E-state index in [1.165, 1.54) is 6.92 Å². The normalized spacial score (nSPS) is 19.4. The maximum atomic E-state index is 11.0. The standard InChI is InChI=1S/C9H14ClN3O/c1-6(14)9(11)8(10)7-5-12-3-2-4-13-7/h12H,2-5,11H2,1H3/b9-8+. The summed E-state index contributed by atoms with van der Waals surface area (Å²) in [6.07, 6.45) is 0.980. The van der Waals surface area contributed by atoms with Crippen LogP contribution in [-0.4, -0.2) is 31.1 Å². The molecule has 0 fully saturated rings. The number of carbonyl (C=O) groups excluding carboxylic acids is 1. The molecule has 0 radical (unpaired) electrons. The van der Waals surface area contributed by atoms with Gasteiger partial charge in [0.2, 0.25) is 0 Å². The highest BCUT2D eigenvalue weighted by molar-refractivity contribution is 6.45. The van der Waals surface area contributed by atoms with Gasteiger partial charge in [0.05, 0.1) is 16.4 Å². The Bertz CT molecular complexity index is 296. The second-order valence-corrected chi connectivity index (χ2v) is 3.52. The Morgan fingerprint density at radius 3 is 3.00 bits per heavy atom. The van der Waals surface area contributed by atoms with E-state index in [9.17, 15) is 4.79 Å². The molecule has 0 spiro atoms. The van der Waals surface area contributed by atoms with Crippen LogP contribution in [0.4, 0.5) is 0 Å². The number of Topliss-reactive ketones (excluding diaryl/α,β-unsaturated/α-hetero) is 1. The van der Waals surface area contributed by atoms with Gasteiger partial charge in [-0.05, 0) is 13.0 Å². The quantitative estimate of drug-likeness (QED) is 0.656. The topological polar surface area (TPSA) is 67.5 Å². The molecule has 3 N–H and O–H groups in total. The van der Waals surface area contributed by atoms with Gasteiger partial charge in [-0.2, -0.15) is 0 Å². The fourth-order valence-corrected chi connectivity index (χ4v) is 1.40. The van der Waals surface area contributed by atoms with Gasteiger partial charge in [-0.25, -0.2) is 0 Å². The van der Waals surface area contributed by atoms with Gasteiger partial charge in [0, 0.05) is 20.0 Å². The summed E-state index contributed by atoms with van der Waals surface area (Å²) in [6, 6.07) is 0. The van der Waals surface area contributed by atoms with Gasteiger partial charge in [0.15, 0.2) is 5.78 Å². The Hall–Kier alpha value is -0.870. The molecule has 0 saturated heterocycles. The number of hydrogen-bond donors (Lipinski definition) is 2. The molecule has 4 nitrogen and oxygen atoms in total. The van der Waals surface area contributed by atoms with Gasteiger partial charge in [-0.3, -0.25) is 9.79 Å². The number of ketones is 1. The molecule has 78 valence electrons. The molecule has 1 aliphatic rings. The molecule has 0 unspecified atom stereocenters. The van der Waals surface area contributed by atoms with Gasteiger partial charge in [0.25, 0.3) is 0 Å². The highest BCUT2D eigenvalue weighted by Gasteiger charge is 2.13. The second kappa shape index (κ2) is 5.12. The van der Waals surface area contributed by atoms with E-state index in [1.807, 2.05) is 0 Å². The minimum Gasteiger partial charge on any atom is -0.395 e. The molecular weight excluding hydrogens is 202 g/mol. The van der Waals surface area contributed by atoms with E-state index in [0.717, 1.165) is 19.5 Å². The molecule has 0 aromatic heterocycles. The highest BCUT2D eigenvalue weighted by Crippen LogP contribution is 2.10. The molecule has 14 heavy (non-hydrogen) atoms. The molecule has 1 aliphatic heterocycles. The Morgan fingerprint density at radius 2 is 2.36 bits per heavy atom. The summed E-state index contributed by atoms with van der Waals surface area (Å²) in [7, 11) is 0. The van der Waals surface area contributed by atoms with E-state index in [1.54, 1.807) is 0 Å². The zero-order valence-electron chi connectivity index (χ0n) is 8.14. The van der Waals surface area contributed by atoms with Crippen LogP contribution in [0.25, 0.3) is 0 Å².